The van der Waals surface area contributed by atoms with Gasteiger partial charge in [-0.25, -0.2) is 0 Å². The normalized spacial score (nSPS) is 17.0. The second kappa shape index (κ2) is 9.26. The monoisotopic (exact) mass is 340 g/mol. The lowest BCUT2D eigenvalue weighted by molar-refractivity contribution is -0.136. The number of halogens is 1. The number of ether oxygens (including phenoxy) is 1. The van der Waals surface area contributed by atoms with Crippen LogP contribution in [0.25, 0.3) is 0 Å². The Labute approximate surface area is 145 Å². The van der Waals surface area contributed by atoms with Crippen molar-refractivity contribution < 1.29 is 9.53 Å². The van der Waals surface area contributed by atoms with E-state index in [0.717, 1.165) is 25.9 Å². The molecule has 1 aromatic carbocycles. The third kappa shape index (κ3) is 5.48. The molecule has 1 saturated heterocycles. The van der Waals surface area contributed by atoms with E-state index < -0.39 is 0 Å². The van der Waals surface area contributed by atoms with E-state index in [1.807, 2.05) is 30.9 Å². The van der Waals surface area contributed by atoms with E-state index in [4.69, 9.17) is 10.5 Å². The highest BCUT2D eigenvalue weighted by atomic mass is 35.5. The number of aryl methyl sites for hydroxylation is 1. The van der Waals surface area contributed by atoms with E-state index in [1.165, 1.54) is 11.1 Å². The quantitative estimate of drug-likeness (QED) is 0.896. The lowest BCUT2D eigenvalue weighted by Gasteiger charge is -2.34. The predicted molar refractivity (Wildman–Crippen MR) is 95.6 cm³/mol. The Morgan fingerprint density at radius 2 is 1.91 bits per heavy atom. The van der Waals surface area contributed by atoms with Crippen molar-refractivity contribution in [2.24, 2.45) is 11.7 Å². The van der Waals surface area contributed by atoms with Crippen LogP contribution in [-0.4, -0.2) is 36.0 Å². The fourth-order valence-electron chi connectivity index (χ4n) is 2.72. The van der Waals surface area contributed by atoms with Crippen molar-refractivity contribution in [1.29, 1.82) is 0 Å². The molecule has 0 radical (unpaired) electrons. The molecule has 130 valence electrons. The summed E-state index contributed by atoms with van der Waals surface area (Å²) in [6.07, 6.45) is 2.02. The van der Waals surface area contributed by atoms with Crippen LogP contribution in [0.5, 0.6) is 0 Å². The summed E-state index contributed by atoms with van der Waals surface area (Å²) in [5.41, 5.74) is 8.46. The maximum atomic E-state index is 12.2. The molecule has 2 rings (SSSR count). The average molecular weight is 341 g/mol. The molecule has 2 N–H and O–H groups in total. The minimum absolute atomic E-state index is 0. The smallest absolute Gasteiger partial charge is 0.239 e. The summed E-state index contributed by atoms with van der Waals surface area (Å²) in [6, 6.07) is 7.91. The van der Waals surface area contributed by atoms with Gasteiger partial charge in [-0.1, -0.05) is 38.1 Å². The van der Waals surface area contributed by atoms with Crippen LogP contribution in [0.4, 0.5) is 0 Å². The van der Waals surface area contributed by atoms with Crippen LogP contribution in [0.15, 0.2) is 24.3 Å². The number of hydrogen-bond donors (Lipinski definition) is 1. The van der Waals surface area contributed by atoms with E-state index in [1.54, 1.807) is 0 Å². The molecule has 1 heterocycles. The van der Waals surface area contributed by atoms with Crippen LogP contribution in [0.3, 0.4) is 0 Å². The van der Waals surface area contributed by atoms with Crippen LogP contribution < -0.4 is 5.73 Å². The Bertz CT molecular complexity index is 500. The van der Waals surface area contributed by atoms with Crippen molar-refractivity contribution in [3.63, 3.8) is 0 Å². The van der Waals surface area contributed by atoms with Crippen molar-refractivity contribution in [2.75, 3.05) is 13.1 Å². The third-order valence-corrected chi connectivity index (χ3v) is 4.49. The standard InChI is InChI=1S/C18H28N2O2.ClH/c1-13(2)17(19)18(21)20-10-8-16(9-11-20)22-12-15-7-5-4-6-14(15)3;/h4-7,13,16-17H,8-12,19H2,1-3H3;1H/t17-;/m0./s1. The fourth-order valence-corrected chi connectivity index (χ4v) is 2.72. The zero-order chi connectivity index (χ0) is 16.1. The number of carbonyl (C=O) groups excluding carboxylic acids is 1. The highest BCUT2D eigenvalue weighted by Gasteiger charge is 2.27. The Morgan fingerprint density at radius 3 is 2.48 bits per heavy atom. The molecule has 1 fully saturated rings. The number of amides is 1. The first-order chi connectivity index (χ1) is 10.5. The summed E-state index contributed by atoms with van der Waals surface area (Å²) in [5, 5.41) is 0. The molecule has 1 atom stereocenters. The Hall–Kier alpha value is -1.10. The number of likely N-dealkylation sites (tertiary alicyclic amines) is 1. The van der Waals surface area contributed by atoms with Crippen LogP contribution >= 0.6 is 12.4 Å². The van der Waals surface area contributed by atoms with Gasteiger partial charge < -0.3 is 15.4 Å². The van der Waals surface area contributed by atoms with Gasteiger partial charge in [0, 0.05) is 13.1 Å². The summed E-state index contributed by atoms with van der Waals surface area (Å²) in [5.74, 6) is 0.259. The van der Waals surface area contributed by atoms with Crippen molar-refractivity contribution in [1.82, 2.24) is 4.90 Å². The first kappa shape index (κ1) is 19.9. The van der Waals surface area contributed by atoms with E-state index in [2.05, 4.69) is 19.1 Å². The molecule has 1 amide bonds. The van der Waals surface area contributed by atoms with Crippen LogP contribution in [0.2, 0.25) is 0 Å². The number of rotatable bonds is 5. The number of benzene rings is 1. The molecule has 1 aromatic rings. The van der Waals surface area contributed by atoms with Gasteiger partial charge in [0.1, 0.15) is 0 Å². The summed E-state index contributed by atoms with van der Waals surface area (Å²) in [6.45, 7) is 8.22. The van der Waals surface area contributed by atoms with Gasteiger partial charge in [-0.05, 0) is 36.8 Å². The van der Waals surface area contributed by atoms with Gasteiger partial charge in [-0.15, -0.1) is 12.4 Å². The number of carbonyl (C=O) groups is 1. The zero-order valence-electron chi connectivity index (χ0n) is 14.3. The lowest BCUT2D eigenvalue weighted by Crippen LogP contribution is -2.50. The maximum Gasteiger partial charge on any atom is 0.239 e. The van der Waals surface area contributed by atoms with Crippen LogP contribution in [0.1, 0.15) is 37.8 Å². The SMILES string of the molecule is Cc1ccccc1COC1CCN(C(=O)[C@@H](N)C(C)C)CC1.Cl. The van der Waals surface area contributed by atoms with Crippen molar-refractivity contribution in [3.8, 4) is 0 Å². The Kier molecular flexibility index (Phi) is 8.03. The topological polar surface area (TPSA) is 55.6 Å². The molecule has 0 bridgehead atoms. The van der Waals surface area contributed by atoms with Crippen molar-refractivity contribution in [3.05, 3.63) is 35.4 Å². The first-order valence-electron chi connectivity index (χ1n) is 8.19. The lowest BCUT2D eigenvalue weighted by atomic mass is 10.0. The highest BCUT2D eigenvalue weighted by Crippen LogP contribution is 2.18. The largest absolute Gasteiger partial charge is 0.373 e. The molecule has 0 saturated carbocycles. The predicted octanol–water partition coefficient (Wildman–Crippen LogP) is 2.91. The molecule has 4 nitrogen and oxygen atoms in total. The van der Waals surface area contributed by atoms with Crippen LogP contribution in [-0.2, 0) is 16.1 Å². The van der Waals surface area contributed by atoms with Crippen LogP contribution in [0, 0.1) is 12.8 Å². The molecule has 0 unspecified atom stereocenters. The van der Waals surface area contributed by atoms with Gasteiger partial charge in [0.25, 0.3) is 0 Å². The minimum Gasteiger partial charge on any atom is -0.373 e. The molecule has 23 heavy (non-hydrogen) atoms. The van der Waals surface area contributed by atoms with Gasteiger partial charge >= 0.3 is 0 Å². The molecular weight excluding hydrogens is 312 g/mol. The average Bonchev–Trinajstić information content (AvgIpc) is 2.53. The highest BCUT2D eigenvalue weighted by molar-refractivity contribution is 5.85. The summed E-state index contributed by atoms with van der Waals surface area (Å²) in [4.78, 5) is 14.1. The molecule has 0 aromatic heterocycles. The van der Waals surface area contributed by atoms with E-state index >= 15 is 0 Å². The van der Waals surface area contributed by atoms with E-state index in [0.29, 0.717) is 6.61 Å². The Morgan fingerprint density at radius 1 is 1.30 bits per heavy atom. The molecule has 1 aliphatic rings. The summed E-state index contributed by atoms with van der Waals surface area (Å²) >= 11 is 0. The fraction of sp³-hybridized carbons (Fsp3) is 0.611. The van der Waals surface area contributed by atoms with Gasteiger partial charge in [0.15, 0.2) is 0 Å². The van der Waals surface area contributed by atoms with Gasteiger partial charge in [0.05, 0.1) is 18.8 Å². The maximum absolute atomic E-state index is 12.2. The molecule has 0 aliphatic carbocycles. The summed E-state index contributed by atoms with van der Waals surface area (Å²) in [7, 11) is 0. The summed E-state index contributed by atoms with van der Waals surface area (Å²) < 4.78 is 6.02. The van der Waals surface area contributed by atoms with Crippen molar-refractivity contribution in [2.45, 2.75) is 52.4 Å². The third-order valence-electron chi connectivity index (χ3n) is 4.49. The Balaban J connectivity index is 0.00000264. The van der Waals surface area contributed by atoms with Crippen molar-refractivity contribution >= 4 is 18.3 Å². The van der Waals surface area contributed by atoms with Gasteiger partial charge in [-0.3, -0.25) is 4.79 Å². The minimum atomic E-state index is -0.385. The second-order valence-electron chi connectivity index (χ2n) is 6.53. The number of hydrogen-bond acceptors (Lipinski definition) is 3. The van der Waals surface area contributed by atoms with E-state index in [9.17, 15) is 4.79 Å². The zero-order valence-corrected chi connectivity index (χ0v) is 15.1. The molecule has 0 spiro atoms. The van der Waals surface area contributed by atoms with E-state index in [-0.39, 0.29) is 36.4 Å². The van der Waals surface area contributed by atoms with Gasteiger partial charge in [-0.2, -0.15) is 0 Å². The van der Waals surface area contributed by atoms with Gasteiger partial charge in [0.2, 0.25) is 5.91 Å². The number of nitrogens with two attached hydrogens (primary N) is 1. The molecule has 5 heteroatoms. The number of piperidine rings is 1. The second-order valence-corrected chi connectivity index (χ2v) is 6.53. The number of nitrogens with zero attached hydrogens (tertiary/aromatic N) is 1. The molecule has 1 aliphatic heterocycles. The first-order valence-corrected chi connectivity index (χ1v) is 8.19. The molecular formula is C18H29ClN2O2.